The van der Waals surface area contributed by atoms with E-state index >= 15 is 0 Å². The molecule has 0 bridgehead atoms. The summed E-state index contributed by atoms with van der Waals surface area (Å²) in [4.78, 5) is 10.3. The van der Waals surface area contributed by atoms with E-state index in [1.807, 2.05) is 0 Å². The molecule has 0 spiro atoms. The lowest BCUT2D eigenvalue weighted by atomic mass is 10.3. The van der Waals surface area contributed by atoms with E-state index in [9.17, 15) is 13.6 Å². The number of thioether (sulfide) groups is 1. The maximum atomic E-state index is 12.1. The Balaban J connectivity index is 3.11. The second kappa shape index (κ2) is 5.65. The molecule has 0 aromatic carbocycles. The van der Waals surface area contributed by atoms with Gasteiger partial charge in [-0.25, -0.2) is 8.78 Å². The van der Waals surface area contributed by atoms with Gasteiger partial charge in [0.1, 0.15) is 12.8 Å². The first-order chi connectivity index (χ1) is 4.66. The van der Waals surface area contributed by atoms with Crippen molar-refractivity contribution in [1.82, 2.24) is 0 Å². The second-order valence-corrected chi connectivity index (χ2v) is 3.15. The molecule has 60 valence electrons. The van der Waals surface area contributed by atoms with Crippen molar-refractivity contribution in [2.24, 2.45) is 0 Å². The lowest BCUT2D eigenvalue weighted by molar-refractivity contribution is -0.109. The normalized spacial score (nSPS) is 13.1. The molecule has 10 heavy (non-hydrogen) atoms. The Kier molecular flexibility index (Phi) is 5.58. The molecule has 1 atom stereocenters. The molecule has 0 saturated heterocycles. The number of rotatable bonds is 4. The monoisotopic (exact) mass is 168 g/mol. The van der Waals surface area contributed by atoms with Crippen LogP contribution in [0.15, 0.2) is 0 Å². The summed E-state index contributed by atoms with van der Waals surface area (Å²) in [6, 6.07) is 0. The molecule has 0 radical (unpaired) electrons. The molecular formula is C6H10F2OS. The summed E-state index contributed by atoms with van der Waals surface area (Å²) >= 11 is 1.03. The average molecular weight is 168 g/mol. The van der Waals surface area contributed by atoms with E-state index < -0.39 is 12.8 Å². The highest BCUT2D eigenvalue weighted by Gasteiger charge is 2.05. The van der Waals surface area contributed by atoms with Crippen molar-refractivity contribution in [2.45, 2.75) is 19.5 Å². The molecular weight excluding hydrogens is 158 g/mol. The van der Waals surface area contributed by atoms with Crippen LogP contribution in [0.2, 0.25) is 0 Å². The first kappa shape index (κ1) is 9.88. The quantitative estimate of drug-likeness (QED) is 0.638. The summed E-state index contributed by atoms with van der Waals surface area (Å²) in [6.45, 7) is 0.464. The molecule has 0 rings (SSSR count). The molecule has 1 nitrogen and oxygen atoms in total. The Hall–Kier alpha value is -0.120. The van der Waals surface area contributed by atoms with Gasteiger partial charge in [0.15, 0.2) is 5.12 Å². The minimum absolute atomic E-state index is 0.0499. The number of carbonyl (C=O) groups is 1. The highest BCUT2D eigenvalue weighted by molar-refractivity contribution is 8.13. The maximum absolute atomic E-state index is 12.1. The zero-order chi connectivity index (χ0) is 7.98. The number of hydrogen-bond acceptors (Lipinski definition) is 2. The number of halogens is 2. The third-order valence-corrected chi connectivity index (χ3v) is 1.75. The van der Waals surface area contributed by atoms with Crippen LogP contribution in [-0.4, -0.2) is 23.7 Å². The first-order valence-electron chi connectivity index (χ1n) is 3.00. The largest absolute Gasteiger partial charge is 0.288 e. The molecule has 0 N–H and O–H groups in total. The van der Waals surface area contributed by atoms with Crippen molar-refractivity contribution in [3.05, 3.63) is 0 Å². The van der Waals surface area contributed by atoms with Crippen LogP contribution in [0.3, 0.4) is 0 Å². The van der Waals surface area contributed by atoms with Crippen LogP contribution >= 0.6 is 11.8 Å². The Morgan fingerprint density at radius 2 is 2.30 bits per heavy atom. The molecule has 0 fully saturated rings. The van der Waals surface area contributed by atoms with Gasteiger partial charge in [-0.2, -0.15) is 0 Å². The molecule has 0 saturated carbocycles. The standard InChI is InChI=1S/C6H10F2OS/c1-5(9)10-3-2-6(8)4-7/h6H,2-4H2,1H3. The summed E-state index contributed by atoms with van der Waals surface area (Å²) in [5.74, 6) is 0.375. The third kappa shape index (κ3) is 6.01. The van der Waals surface area contributed by atoms with E-state index in [2.05, 4.69) is 0 Å². The van der Waals surface area contributed by atoms with Gasteiger partial charge in [-0.05, 0) is 6.42 Å². The molecule has 0 aliphatic heterocycles. The van der Waals surface area contributed by atoms with Crippen molar-refractivity contribution < 1.29 is 13.6 Å². The van der Waals surface area contributed by atoms with E-state index in [4.69, 9.17) is 0 Å². The Morgan fingerprint density at radius 3 is 2.70 bits per heavy atom. The summed E-state index contributed by atoms with van der Waals surface area (Å²) in [6.07, 6.45) is -1.27. The number of carbonyl (C=O) groups excluding carboxylic acids is 1. The zero-order valence-corrected chi connectivity index (χ0v) is 6.59. The third-order valence-electron chi connectivity index (χ3n) is 0.904. The lowest BCUT2D eigenvalue weighted by Crippen LogP contribution is -2.04. The van der Waals surface area contributed by atoms with E-state index in [0.29, 0.717) is 5.75 Å². The van der Waals surface area contributed by atoms with E-state index in [1.54, 1.807) is 0 Å². The van der Waals surface area contributed by atoms with E-state index in [-0.39, 0.29) is 11.5 Å². The predicted molar refractivity (Wildman–Crippen MR) is 38.6 cm³/mol. The molecule has 0 aromatic heterocycles. The average Bonchev–Trinajstić information content (AvgIpc) is 1.87. The van der Waals surface area contributed by atoms with Crippen molar-refractivity contribution in [3.8, 4) is 0 Å². The topological polar surface area (TPSA) is 17.1 Å². The molecule has 0 amide bonds. The van der Waals surface area contributed by atoms with Gasteiger partial charge in [-0.3, -0.25) is 4.79 Å². The van der Waals surface area contributed by atoms with E-state index in [1.165, 1.54) is 6.92 Å². The molecule has 0 heterocycles. The SMILES string of the molecule is CC(=O)SCCC(F)CF. The van der Waals surface area contributed by atoms with Gasteiger partial charge in [0.05, 0.1) is 0 Å². The smallest absolute Gasteiger partial charge is 0.185 e. The first-order valence-corrected chi connectivity index (χ1v) is 3.98. The van der Waals surface area contributed by atoms with Gasteiger partial charge in [-0.15, -0.1) is 0 Å². The van der Waals surface area contributed by atoms with Crippen LogP contribution in [0, 0.1) is 0 Å². The summed E-state index contributed by atoms with van der Waals surface area (Å²) < 4.78 is 23.5. The summed E-state index contributed by atoms with van der Waals surface area (Å²) in [5, 5.41) is -0.0499. The minimum atomic E-state index is -1.40. The van der Waals surface area contributed by atoms with E-state index in [0.717, 1.165) is 11.8 Å². The minimum Gasteiger partial charge on any atom is -0.288 e. The van der Waals surface area contributed by atoms with Crippen LogP contribution in [0.5, 0.6) is 0 Å². The number of hydrogen-bond donors (Lipinski definition) is 0. The van der Waals surface area contributed by atoms with Gasteiger partial charge in [0, 0.05) is 12.7 Å². The molecule has 0 aromatic rings. The molecule has 0 aliphatic carbocycles. The van der Waals surface area contributed by atoms with Crippen LogP contribution in [0.25, 0.3) is 0 Å². The highest BCUT2D eigenvalue weighted by atomic mass is 32.2. The van der Waals surface area contributed by atoms with Crippen molar-refractivity contribution in [2.75, 3.05) is 12.4 Å². The van der Waals surface area contributed by atoms with Crippen molar-refractivity contribution >= 4 is 16.9 Å². The predicted octanol–water partition coefficient (Wildman–Crippen LogP) is 1.96. The van der Waals surface area contributed by atoms with Gasteiger partial charge < -0.3 is 0 Å². The van der Waals surface area contributed by atoms with Gasteiger partial charge in [0.25, 0.3) is 0 Å². The van der Waals surface area contributed by atoms with Gasteiger partial charge in [0.2, 0.25) is 0 Å². The Bertz CT molecular complexity index is 108. The fraction of sp³-hybridized carbons (Fsp3) is 0.833. The van der Waals surface area contributed by atoms with Crippen LogP contribution in [0.4, 0.5) is 8.78 Å². The Labute approximate surface area is 63.2 Å². The number of alkyl halides is 2. The lowest BCUT2D eigenvalue weighted by Gasteiger charge is -1.99. The summed E-state index contributed by atoms with van der Waals surface area (Å²) in [7, 11) is 0. The Morgan fingerprint density at radius 1 is 1.70 bits per heavy atom. The van der Waals surface area contributed by atoms with Crippen molar-refractivity contribution in [3.63, 3.8) is 0 Å². The van der Waals surface area contributed by atoms with Crippen molar-refractivity contribution in [1.29, 1.82) is 0 Å². The van der Waals surface area contributed by atoms with Crippen LogP contribution in [-0.2, 0) is 4.79 Å². The van der Waals surface area contributed by atoms with Gasteiger partial charge in [-0.1, -0.05) is 11.8 Å². The van der Waals surface area contributed by atoms with Gasteiger partial charge >= 0.3 is 0 Å². The zero-order valence-electron chi connectivity index (χ0n) is 5.77. The molecule has 4 heteroatoms. The summed E-state index contributed by atoms with van der Waals surface area (Å²) in [5.41, 5.74) is 0. The molecule has 0 aliphatic rings. The fourth-order valence-corrected chi connectivity index (χ4v) is 1.07. The van der Waals surface area contributed by atoms with Crippen LogP contribution < -0.4 is 0 Å². The fourth-order valence-electron chi connectivity index (χ4n) is 0.408. The van der Waals surface area contributed by atoms with Crippen LogP contribution in [0.1, 0.15) is 13.3 Å². The second-order valence-electron chi connectivity index (χ2n) is 1.88. The maximum Gasteiger partial charge on any atom is 0.185 e. The highest BCUT2D eigenvalue weighted by Crippen LogP contribution is 2.07. The molecule has 1 unspecified atom stereocenters.